The Bertz CT molecular complexity index is 718. The van der Waals surface area contributed by atoms with Crippen LogP contribution >= 0.6 is 0 Å². The third kappa shape index (κ3) is 3.57. The second-order valence-electron chi connectivity index (χ2n) is 6.57. The quantitative estimate of drug-likeness (QED) is 0.888. The average Bonchev–Trinajstić information content (AvgIpc) is 2.98. The van der Waals surface area contributed by atoms with Crippen LogP contribution in [0.25, 0.3) is 0 Å². The van der Waals surface area contributed by atoms with Gasteiger partial charge in [0.15, 0.2) is 5.82 Å². The first-order valence-corrected chi connectivity index (χ1v) is 8.92. The van der Waals surface area contributed by atoms with E-state index in [1.165, 1.54) is 11.3 Å². The van der Waals surface area contributed by atoms with E-state index in [0.717, 1.165) is 51.6 Å². The van der Waals surface area contributed by atoms with Crippen molar-refractivity contribution in [3.8, 4) is 0 Å². The molecule has 7 heteroatoms. The summed E-state index contributed by atoms with van der Waals surface area (Å²) in [6.07, 6.45) is 2.70. The highest BCUT2D eigenvalue weighted by Crippen LogP contribution is 2.36. The molecule has 0 radical (unpaired) electrons. The van der Waals surface area contributed by atoms with Gasteiger partial charge in [-0.1, -0.05) is 18.2 Å². The number of hydrogen-bond acceptors (Lipinski definition) is 7. The van der Waals surface area contributed by atoms with Gasteiger partial charge in [0.05, 0.1) is 19.4 Å². The maximum Gasteiger partial charge on any atom is 0.252 e. The van der Waals surface area contributed by atoms with Crippen molar-refractivity contribution in [2.75, 3.05) is 49.6 Å². The van der Waals surface area contributed by atoms with E-state index >= 15 is 0 Å². The molecule has 3 heterocycles. The van der Waals surface area contributed by atoms with Gasteiger partial charge in [-0.25, -0.2) is 0 Å². The van der Waals surface area contributed by atoms with Crippen LogP contribution in [0.1, 0.15) is 12.5 Å². The number of rotatable bonds is 5. The highest BCUT2D eigenvalue weighted by molar-refractivity contribution is 5.67. The Morgan fingerprint density at radius 3 is 2.96 bits per heavy atom. The monoisotopic (exact) mass is 340 g/mol. The van der Waals surface area contributed by atoms with E-state index in [9.17, 15) is 0 Å². The lowest BCUT2D eigenvalue weighted by atomic mass is 10.1. The number of para-hydroxylation sites is 1. The fraction of sp³-hybridized carbons (Fsp3) is 0.500. The zero-order valence-electron chi connectivity index (χ0n) is 14.6. The number of morpholine rings is 1. The van der Waals surface area contributed by atoms with Crippen molar-refractivity contribution in [1.29, 1.82) is 0 Å². The van der Waals surface area contributed by atoms with Gasteiger partial charge in [0.25, 0.3) is 5.95 Å². The number of nitrogens with one attached hydrogen (secondary N) is 1. The zero-order chi connectivity index (χ0) is 17.1. The van der Waals surface area contributed by atoms with Gasteiger partial charge in [0.1, 0.15) is 0 Å². The molecule has 0 amide bonds. The van der Waals surface area contributed by atoms with Gasteiger partial charge in [0.2, 0.25) is 0 Å². The van der Waals surface area contributed by atoms with Gasteiger partial charge in [-0.3, -0.25) is 4.90 Å². The minimum absolute atomic E-state index is 0.336. The molecule has 0 aliphatic carbocycles. The Labute approximate surface area is 148 Å². The van der Waals surface area contributed by atoms with Crippen molar-refractivity contribution in [1.82, 2.24) is 20.1 Å². The fourth-order valence-corrected chi connectivity index (χ4v) is 3.52. The van der Waals surface area contributed by atoms with Crippen LogP contribution in [0, 0.1) is 0 Å². The molecule has 1 atom stereocenters. The molecule has 7 nitrogen and oxygen atoms in total. The lowest BCUT2D eigenvalue weighted by Gasteiger charge is -2.26. The number of hydrogen-bond donors (Lipinski definition) is 1. The average molecular weight is 340 g/mol. The normalized spacial score (nSPS) is 20.5. The minimum atomic E-state index is 0.336. The number of aromatic nitrogens is 3. The zero-order valence-corrected chi connectivity index (χ0v) is 14.6. The van der Waals surface area contributed by atoms with Crippen LogP contribution in [0.15, 0.2) is 30.5 Å². The molecule has 0 bridgehead atoms. The largest absolute Gasteiger partial charge is 0.379 e. The van der Waals surface area contributed by atoms with Crippen molar-refractivity contribution in [3.63, 3.8) is 0 Å². The minimum Gasteiger partial charge on any atom is -0.379 e. The maximum atomic E-state index is 5.38. The molecular weight excluding hydrogens is 316 g/mol. The molecule has 1 saturated heterocycles. The number of ether oxygens (including phenoxy) is 1. The first-order chi connectivity index (χ1) is 12.3. The van der Waals surface area contributed by atoms with Crippen LogP contribution in [0.2, 0.25) is 0 Å². The van der Waals surface area contributed by atoms with Gasteiger partial charge >= 0.3 is 0 Å². The highest BCUT2D eigenvalue weighted by atomic mass is 16.5. The third-order valence-electron chi connectivity index (χ3n) is 4.81. The molecule has 25 heavy (non-hydrogen) atoms. The van der Waals surface area contributed by atoms with E-state index in [2.05, 4.69) is 61.5 Å². The number of nitrogens with zero attached hydrogens (tertiary/aromatic N) is 5. The van der Waals surface area contributed by atoms with E-state index in [1.54, 1.807) is 6.20 Å². The van der Waals surface area contributed by atoms with Gasteiger partial charge in [-0.2, -0.15) is 10.1 Å². The Morgan fingerprint density at radius 1 is 1.24 bits per heavy atom. The summed E-state index contributed by atoms with van der Waals surface area (Å²) in [5, 5.41) is 11.8. The van der Waals surface area contributed by atoms with E-state index in [1.807, 2.05) is 0 Å². The van der Waals surface area contributed by atoms with Gasteiger partial charge in [-0.15, -0.1) is 5.10 Å². The van der Waals surface area contributed by atoms with Crippen LogP contribution in [0.3, 0.4) is 0 Å². The summed E-state index contributed by atoms with van der Waals surface area (Å²) in [5.74, 6) is 1.43. The SMILES string of the molecule is CC1Cc2ccccc2N1c1nncc(NCCN2CCOCC2)n1. The predicted octanol–water partition coefficient (Wildman–Crippen LogP) is 1.70. The number of anilines is 3. The van der Waals surface area contributed by atoms with Crippen molar-refractivity contribution in [2.45, 2.75) is 19.4 Å². The number of benzene rings is 1. The van der Waals surface area contributed by atoms with Gasteiger partial charge in [0, 0.05) is 37.9 Å². The summed E-state index contributed by atoms with van der Waals surface area (Å²) in [7, 11) is 0. The molecule has 2 aromatic rings. The molecule has 1 N–H and O–H groups in total. The van der Waals surface area contributed by atoms with Crippen LogP contribution in [0.4, 0.5) is 17.5 Å². The Morgan fingerprint density at radius 2 is 2.08 bits per heavy atom. The summed E-state index contributed by atoms with van der Waals surface area (Å²) in [5.41, 5.74) is 2.52. The van der Waals surface area contributed by atoms with E-state index in [4.69, 9.17) is 4.74 Å². The number of fused-ring (bicyclic) bond motifs is 1. The smallest absolute Gasteiger partial charge is 0.252 e. The first-order valence-electron chi connectivity index (χ1n) is 8.92. The topological polar surface area (TPSA) is 66.4 Å². The second-order valence-corrected chi connectivity index (χ2v) is 6.57. The lowest BCUT2D eigenvalue weighted by molar-refractivity contribution is 0.0398. The molecule has 0 spiro atoms. The molecular formula is C18H24N6O. The van der Waals surface area contributed by atoms with Crippen LogP contribution in [0.5, 0.6) is 0 Å². The van der Waals surface area contributed by atoms with E-state index in [-0.39, 0.29) is 0 Å². The van der Waals surface area contributed by atoms with Gasteiger partial charge in [-0.05, 0) is 25.0 Å². The summed E-state index contributed by atoms with van der Waals surface area (Å²) in [6, 6.07) is 8.77. The van der Waals surface area contributed by atoms with Crippen LogP contribution < -0.4 is 10.2 Å². The Hall–Kier alpha value is -2.25. The Balaban J connectivity index is 1.43. The first kappa shape index (κ1) is 16.2. The van der Waals surface area contributed by atoms with Crippen LogP contribution in [-0.4, -0.2) is 65.5 Å². The van der Waals surface area contributed by atoms with Crippen molar-refractivity contribution >= 4 is 17.5 Å². The fourth-order valence-electron chi connectivity index (χ4n) is 3.52. The molecule has 1 aromatic carbocycles. The predicted molar refractivity (Wildman–Crippen MR) is 97.3 cm³/mol. The molecule has 1 fully saturated rings. The van der Waals surface area contributed by atoms with Crippen LogP contribution in [-0.2, 0) is 11.2 Å². The molecule has 2 aliphatic rings. The second kappa shape index (κ2) is 7.33. The van der Waals surface area contributed by atoms with Gasteiger partial charge < -0.3 is 15.0 Å². The molecule has 4 rings (SSSR count). The molecule has 0 saturated carbocycles. The standard InChI is InChI=1S/C18H24N6O/c1-14-12-15-4-2-3-5-16(15)24(14)18-21-17(13-20-22-18)19-6-7-23-8-10-25-11-9-23/h2-5,13-14H,6-12H2,1H3,(H,19,21,22). The third-order valence-corrected chi connectivity index (χ3v) is 4.81. The summed E-state index contributed by atoms with van der Waals surface area (Å²) in [4.78, 5) is 9.25. The summed E-state index contributed by atoms with van der Waals surface area (Å²) < 4.78 is 5.38. The van der Waals surface area contributed by atoms with E-state index in [0.29, 0.717) is 12.0 Å². The lowest BCUT2D eigenvalue weighted by Crippen LogP contribution is -2.39. The maximum absolute atomic E-state index is 5.38. The summed E-state index contributed by atoms with van der Waals surface area (Å²) in [6.45, 7) is 7.66. The molecule has 132 valence electrons. The molecule has 1 unspecified atom stereocenters. The Kier molecular flexibility index (Phi) is 4.76. The van der Waals surface area contributed by atoms with E-state index < -0.39 is 0 Å². The molecule has 1 aromatic heterocycles. The van der Waals surface area contributed by atoms with Crippen molar-refractivity contribution < 1.29 is 4.74 Å². The summed E-state index contributed by atoms with van der Waals surface area (Å²) >= 11 is 0. The van der Waals surface area contributed by atoms with Crippen molar-refractivity contribution in [3.05, 3.63) is 36.0 Å². The highest BCUT2D eigenvalue weighted by Gasteiger charge is 2.29. The molecule has 2 aliphatic heterocycles. The van der Waals surface area contributed by atoms with Crippen molar-refractivity contribution in [2.24, 2.45) is 0 Å².